The summed E-state index contributed by atoms with van der Waals surface area (Å²) in [7, 11) is 0. The lowest BCUT2D eigenvalue weighted by atomic mass is 9.97. The molecule has 0 aliphatic carbocycles. The van der Waals surface area contributed by atoms with E-state index in [2.05, 4.69) is 55.7 Å². The largest absolute Gasteiger partial charge is 0.481 e. The third kappa shape index (κ3) is 8.04. The van der Waals surface area contributed by atoms with Gasteiger partial charge in [0.2, 0.25) is 10.3 Å². The van der Waals surface area contributed by atoms with Crippen LogP contribution in [0.15, 0.2) is 154 Å². The van der Waals surface area contributed by atoms with Gasteiger partial charge in [0.15, 0.2) is 11.6 Å². The van der Waals surface area contributed by atoms with E-state index >= 15 is 0 Å². The number of nitrogens with zero attached hydrogens (tertiary/aromatic N) is 9. The fraction of sp³-hybridized carbons (Fsp3) is 0.0732. The Balaban J connectivity index is 1.16. The van der Waals surface area contributed by atoms with Gasteiger partial charge in [-0.1, -0.05) is 114 Å². The number of carboxylic acids is 1. The molecule has 0 saturated heterocycles. The number of hydrogen-bond acceptors (Lipinski definition) is 10. The summed E-state index contributed by atoms with van der Waals surface area (Å²) in [5, 5.41) is 43.4. The maximum atomic E-state index is 11.5. The highest BCUT2D eigenvalue weighted by Crippen LogP contribution is 2.30. The van der Waals surface area contributed by atoms with Crippen LogP contribution >= 0.6 is 35.1 Å². The number of halogens is 1. The van der Waals surface area contributed by atoms with Crippen molar-refractivity contribution in [2.24, 2.45) is 10.2 Å². The number of thioether (sulfide) groups is 2. The second-order valence-corrected chi connectivity index (χ2v) is 14.6. The molecule has 11 nitrogen and oxygen atoms in total. The molecule has 14 heteroatoms. The van der Waals surface area contributed by atoms with Gasteiger partial charge in [-0.2, -0.15) is 19.6 Å². The molecular formula is C41H30ClN9O2S2. The van der Waals surface area contributed by atoms with Gasteiger partial charge in [-0.3, -0.25) is 9.78 Å². The molecule has 5 aromatic carbocycles. The van der Waals surface area contributed by atoms with Gasteiger partial charge in [-0.25, -0.2) is 0 Å². The number of benzene rings is 5. The minimum Gasteiger partial charge on any atom is -0.481 e. The molecule has 0 radical (unpaired) electrons. The van der Waals surface area contributed by atoms with Crippen LogP contribution in [0, 0.1) is 0 Å². The first-order valence-corrected chi connectivity index (χ1v) is 19.5. The maximum Gasteiger partial charge on any atom is 0.313 e. The number of carbonyl (C=O) groups is 1. The number of pyridine rings is 1. The summed E-state index contributed by atoms with van der Waals surface area (Å²) in [4.78, 5) is 15.8. The molecule has 3 aromatic heterocycles. The Labute approximate surface area is 328 Å². The normalized spacial score (nSPS) is 11.9. The van der Waals surface area contributed by atoms with Crippen molar-refractivity contribution in [3.63, 3.8) is 0 Å². The molecular weight excluding hydrogens is 750 g/mol. The standard InChI is InChI=1S/C41H30ClN9O2S2/c42-32-18-16-28(17-19-32)38-45-48-41(55-26-37(52)53)51(38)49-36(27-9-2-1-3-10-27)20-22-54-40-47-46-39(31-13-8-21-43-24-31)50(40)44-25-35-33-14-6-4-11-29(33)23-30-12-5-7-15-34(30)35/h1-19,21,23-25H,20,22,26H2,(H,52,53)/b44-25+,49-36+. The molecule has 0 spiro atoms. The van der Waals surface area contributed by atoms with Crippen LogP contribution in [0.1, 0.15) is 17.5 Å². The van der Waals surface area contributed by atoms with Crippen LogP contribution in [-0.2, 0) is 4.79 Å². The van der Waals surface area contributed by atoms with Gasteiger partial charge in [0.1, 0.15) is 0 Å². The molecule has 0 fully saturated rings. The molecule has 8 aromatic rings. The van der Waals surface area contributed by atoms with E-state index in [9.17, 15) is 9.90 Å². The predicted octanol–water partition coefficient (Wildman–Crippen LogP) is 9.05. The molecule has 0 amide bonds. The van der Waals surface area contributed by atoms with E-state index in [4.69, 9.17) is 21.8 Å². The summed E-state index contributed by atoms with van der Waals surface area (Å²) < 4.78 is 3.36. The number of rotatable bonds is 13. The van der Waals surface area contributed by atoms with E-state index in [1.807, 2.05) is 85.1 Å². The Morgan fingerprint density at radius 2 is 1.38 bits per heavy atom. The summed E-state index contributed by atoms with van der Waals surface area (Å²) in [6, 6.07) is 39.6. The topological polar surface area (TPSA) is 136 Å². The minimum atomic E-state index is -0.970. The molecule has 0 unspecified atom stereocenters. The summed E-state index contributed by atoms with van der Waals surface area (Å²) in [6.07, 6.45) is 5.85. The van der Waals surface area contributed by atoms with Crippen LogP contribution in [-0.4, -0.2) is 69.2 Å². The number of fused-ring (bicyclic) bond motifs is 2. The van der Waals surface area contributed by atoms with Gasteiger partial charge in [-0.15, -0.1) is 20.4 Å². The highest BCUT2D eigenvalue weighted by molar-refractivity contribution is 7.99. The van der Waals surface area contributed by atoms with Crippen LogP contribution < -0.4 is 0 Å². The average Bonchev–Trinajstić information content (AvgIpc) is 3.82. The fourth-order valence-electron chi connectivity index (χ4n) is 6.03. The maximum absolute atomic E-state index is 11.5. The molecule has 1 N–H and O–H groups in total. The highest BCUT2D eigenvalue weighted by atomic mass is 35.5. The van der Waals surface area contributed by atoms with Crippen LogP contribution in [0.4, 0.5) is 0 Å². The van der Waals surface area contributed by atoms with E-state index < -0.39 is 5.97 Å². The second kappa shape index (κ2) is 16.5. The first kappa shape index (κ1) is 35.9. The van der Waals surface area contributed by atoms with Crippen molar-refractivity contribution in [3.05, 3.63) is 150 Å². The lowest BCUT2D eigenvalue weighted by Gasteiger charge is -2.11. The van der Waals surface area contributed by atoms with Gasteiger partial charge < -0.3 is 5.11 Å². The van der Waals surface area contributed by atoms with E-state index in [1.54, 1.807) is 33.9 Å². The van der Waals surface area contributed by atoms with Crippen LogP contribution in [0.5, 0.6) is 0 Å². The Hall–Kier alpha value is -6.15. The molecule has 270 valence electrons. The molecule has 0 saturated carbocycles. The molecule has 55 heavy (non-hydrogen) atoms. The van der Waals surface area contributed by atoms with E-state index in [1.165, 1.54) is 11.8 Å². The van der Waals surface area contributed by atoms with Gasteiger partial charge in [0, 0.05) is 46.3 Å². The lowest BCUT2D eigenvalue weighted by Crippen LogP contribution is -2.09. The molecule has 8 rings (SSSR count). The summed E-state index contributed by atoms with van der Waals surface area (Å²) in [6.45, 7) is 0. The van der Waals surface area contributed by atoms with Crippen molar-refractivity contribution in [2.75, 3.05) is 11.5 Å². The van der Waals surface area contributed by atoms with Crippen molar-refractivity contribution in [1.29, 1.82) is 0 Å². The first-order valence-electron chi connectivity index (χ1n) is 17.1. The predicted molar refractivity (Wildman–Crippen MR) is 220 cm³/mol. The van der Waals surface area contributed by atoms with Crippen LogP contribution in [0.2, 0.25) is 5.02 Å². The van der Waals surface area contributed by atoms with E-state index in [0.29, 0.717) is 39.2 Å². The smallest absolute Gasteiger partial charge is 0.313 e. The van der Waals surface area contributed by atoms with Gasteiger partial charge in [-0.05, 0) is 69.6 Å². The SMILES string of the molecule is O=C(O)CSc1nnc(-c2ccc(Cl)cc2)n1/N=C(\CCSc1nnc(-c2cccnc2)n1/N=C/c1c2ccccc2cc2ccccc12)c1ccccc1. The fourth-order valence-corrected chi connectivity index (χ4v) is 7.59. The van der Waals surface area contributed by atoms with Crippen LogP contribution in [0.25, 0.3) is 44.3 Å². The van der Waals surface area contributed by atoms with Crippen molar-refractivity contribution < 1.29 is 9.90 Å². The minimum absolute atomic E-state index is 0.200. The van der Waals surface area contributed by atoms with Crippen molar-refractivity contribution >= 4 is 74.6 Å². The van der Waals surface area contributed by atoms with Crippen molar-refractivity contribution in [3.8, 4) is 22.8 Å². The molecule has 0 aliphatic rings. The average molecular weight is 780 g/mol. The number of aliphatic carboxylic acids is 1. The second-order valence-electron chi connectivity index (χ2n) is 12.2. The highest BCUT2D eigenvalue weighted by Gasteiger charge is 2.19. The Kier molecular flexibility index (Phi) is 10.7. The first-order chi connectivity index (χ1) is 27.0. The van der Waals surface area contributed by atoms with Gasteiger partial charge in [0.25, 0.3) is 0 Å². The molecule has 0 aliphatic heterocycles. The molecule has 0 bridgehead atoms. The van der Waals surface area contributed by atoms with Gasteiger partial charge in [0.05, 0.1) is 17.7 Å². The number of carboxylic acid groups (broad SMARTS) is 1. The zero-order valence-corrected chi connectivity index (χ0v) is 31.4. The number of hydrogen-bond donors (Lipinski definition) is 1. The summed E-state index contributed by atoms with van der Waals surface area (Å²) >= 11 is 8.73. The van der Waals surface area contributed by atoms with Crippen molar-refractivity contribution in [1.82, 2.24) is 34.7 Å². The van der Waals surface area contributed by atoms with Crippen LogP contribution in [0.3, 0.4) is 0 Å². The monoisotopic (exact) mass is 779 g/mol. The van der Waals surface area contributed by atoms with Gasteiger partial charge >= 0.3 is 5.97 Å². The number of aromatic nitrogens is 7. The third-order valence-electron chi connectivity index (χ3n) is 8.58. The zero-order chi connectivity index (χ0) is 37.6. The van der Waals surface area contributed by atoms with E-state index in [-0.39, 0.29) is 5.75 Å². The Morgan fingerprint density at radius 1 is 0.727 bits per heavy atom. The van der Waals surface area contributed by atoms with E-state index in [0.717, 1.165) is 61.3 Å². The summed E-state index contributed by atoms with van der Waals surface area (Å²) in [5.41, 5.74) is 4.14. The summed E-state index contributed by atoms with van der Waals surface area (Å²) in [5.74, 6) is 0.408. The zero-order valence-electron chi connectivity index (χ0n) is 29.0. The third-order valence-corrected chi connectivity index (χ3v) is 10.7. The molecule has 0 atom stereocenters. The quantitative estimate of drug-likeness (QED) is 0.0691. The lowest BCUT2D eigenvalue weighted by molar-refractivity contribution is -0.133. The van der Waals surface area contributed by atoms with Crippen molar-refractivity contribution in [2.45, 2.75) is 16.7 Å². The Bertz CT molecular complexity index is 2630. The Morgan fingerprint density at radius 3 is 2.05 bits per heavy atom. The molecule has 3 heterocycles.